The van der Waals surface area contributed by atoms with Crippen LogP contribution in [0.3, 0.4) is 0 Å². The zero-order valence-electron chi connectivity index (χ0n) is 36.4. The molecule has 13 aromatic rings. The van der Waals surface area contributed by atoms with E-state index in [0.717, 1.165) is 38.9 Å². The van der Waals surface area contributed by atoms with Crippen LogP contribution in [-0.2, 0) is 0 Å². The summed E-state index contributed by atoms with van der Waals surface area (Å²) in [4.78, 5) is 15.4. The lowest BCUT2D eigenvalue weighted by Crippen LogP contribution is -2.00. The summed E-state index contributed by atoms with van der Waals surface area (Å²) >= 11 is 0. The predicted octanol–water partition coefficient (Wildman–Crippen LogP) is 16.4. The molecule has 13 rings (SSSR count). The fourth-order valence-electron chi connectivity index (χ4n) is 9.82. The maximum absolute atomic E-state index is 5.17. The molecule has 312 valence electrons. The van der Waals surface area contributed by atoms with Crippen LogP contribution in [0.5, 0.6) is 0 Å². The third kappa shape index (κ3) is 6.82. The van der Waals surface area contributed by atoms with Crippen LogP contribution in [0, 0.1) is 0 Å². The van der Waals surface area contributed by atoms with Crippen molar-refractivity contribution in [2.24, 2.45) is 0 Å². The number of hydrogen-bond donors (Lipinski definition) is 0. The number of fused-ring (bicyclic) bond motifs is 6. The molecular weight excluding hydrogens is 813 g/mol. The van der Waals surface area contributed by atoms with E-state index < -0.39 is 0 Å². The van der Waals surface area contributed by atoms with E-state index in [1.54, 1.807) is 0 Å². The average Bonchev–Trinajstić information content (AvgIpc) is 3.93. The Labute approximate surface area is 388 Å². The van der Waals surface area contributed by atoms with E-state index in [0.29, 0.717) is 17.5 Å². The molecule has 4 heteroatoms. The summed E-state index contributed by atoms with van der Waals surface area (Å²) in [5.41, 5.74) is 18.1. The summed E-state index contributed by atoms with van der Waals surface area (Å²) in [6.45, 7) is 0. The Morgan fingerprint density at radius 1 is 0.209 bits per heavy atom. The number of hydrogen-bond acceptors (Lipinski definition) is 3. The van der Waals surface area contributed by atoms with Crippen molar-refractivity contribution in [1.82, 2.24) is 19.4 Å². The first kappa shape index (κ1) is 38.5. The van der Waals surface area contributed by atoms with E-state index in [2.05, 4.69) is 235 Å². The highest BCUT2D eigenvalue weighted by atomic mass is 15.0. The van der Waals surface area contributed by atoms with Gasteiger partial charge in [0, 0.05) is 38.2 Å². The first-order chi connectivity index (χ1) is 33.2. The molecule has 0 unspecified atom stereocenters. The van der Waals surface area contributed by atoms with Crippen molar-refractivity contribution in [3.05, 3.63) is 243 Å². The molecule has 0 amide bonds. The van der Waals surface area contributed by atoms with Crippen molar-refractivity contribution in [3.63, 3.8) is 0 Å². The Morgan fingerprint density at radius 3 is 0.970 bits per heavy atom. The molecule has 0 atom stereocenters. The minimum Gasteiger partial charge on any atom is -0.308 e. The van der Waals surface area contributed by atoms with Crippen molar-refractivity contribution < 1.29 is 0 Å². The van der Waals surface area contributed by atoms with Crippen LogP contribution in [0.25, 0.3) is 128 Å². The maximum atomic E-state index is 5.17. The smallest absolute Gasteiger partial charge is 0.164 e. The van der Waals surface area contributed by atoms with E-state index in [1.165, 1.54) is 71.5 Å². The zero-order valence-corrected chi connectivity index (χ0v) is 36.4. The van der Waals surface area contributed by atoms with Crippen LogP contribution in [-0.4, -0.2) is 19.4 Å². The van der Waals surface area contributed by atoms with Crippen LogP contribution >= 0.6 is 0 Å². The highest BCUT2D eigenvalue weighted by Gasteiger charge is 2.21. The molecule has 0 radical (unpaired) electrons. The molecule has 0 saturated carbocycles. The van der Waals surface area contributed by atoms with Gasteiger partial charge in [-0.1, -0.05) is 200 Å². The van der Waals surface area contributed by atoms with Gasteiger partial charge in [-0.25, -0.2) is 15.0 Å². The largest absolute Gasteiger partial charge is 0.308 e. The Kier molecular flexibility index (Phi) is 9.14. The summed E-state index contributed by atoms with van der Waals surface area (Å²) in [5, 5.41) is 4.98. The Balaban J connectivity index is 0.939. The molecule has 0 aliphatic carbocycles. The fourth-order valence-corrected chi connectivity index (χ4v) is 9.82. The SMILES string of the molecule is c1ccc(-c2ccc(-c3nc(-c4ccc(-c5ccccc5)cc4)nc(-c4cccc(-c5ccc6c(c5)c5cc(-c7ccccc7)cc7c8cc(-c9ccccc9)ccc8n6c75)c4)n3)cc2)cc1. The second-order valence-corrected chi connectivity index (χ2v) is 17.2. The highest BCUT2D eigenvalue weighted by molar-refractivity contribution is 6.25. The average molecular weight is 853 g/mol. The van der Waals surface area contributed by atoms with Crippen LogP contribution in [0.4, 0.5) is 0 Å². The molecule has 0 fully saturated rings. The molecule has 0 bridgehead atoms. The lowest BCUT2D eigenvalue weighted by Gasteiger charge is -2.11. The minimum absolute atomic E-state index is 0.622. The first-order valence-electron chi connectivity index (χ1n) is 22.8. The van der Waals surface area contributed by atoms with Crippen LogP contribution in [0.2, 0.25) is 0 Å². The van der Waals surface area contributed by atoms with Crippen molar-refractivity contribution in [2.75, 3.05) is 0 Å². The van der Waals surface area contributed by atoms with E-state index in [1.807, 2.05) is 12.1 Å². The zero-order chi connectivity index (χ0) is 44.3. The number of benzene rings is 10. The summed E-state index contributed by atoms with van der Waals surface area (Å²) in [5.74, 6) is 1.88. The number of rotatable bonds is 8. The van der Waals surface area contributed by atoms with E-state index in [9.17, 15) is 0 Å². The van der Waals surface area contributed by atoms with Crippen molar-refractivity contribution in [2.45, 2.75) is 0 Å². The van der Waals surface area contributed by atoms with Gasteiger partial charge in [-0.3, -0.25) is 0 Å². The Bertz CT molecular complexity index is 3820. The first-order valence-corrected chi connectivity index (χ1v) is 22.8. The number of aromatic nitrogens is 4. The lowest BCUT2D eigenvalue weighted by molar-refractivity contribution is 1.07. The normalized spacial score (nSPS) is 11.6. The summed E-state index contributed by atoms with van der Waals surface area (Å²) in [7, 11) is 0. The summed E-state index contributed by atoms with van der Waals surface area (Å²) in [6.07, 6.45) is 0. The van der Waals surface area contributed by atoms with Gasteiger partial charge in [0.25, 0.3) is 0 Å². The standard InChI is InChI=1S/C63H40N4/c1-5-14-41(15-6-1)45-24-28-47(29-25-45)61-64-62(48-30-26-46(27-31-48)42-16-7-2-8-17-42)66-63(65-61)52-23-13-22-49(36-52)51-33-35-59-55(38-51)57-40-53(44-20-11-4-12-21-44)39-56-54-37-50(43-18-9-3-10-19-43)32-34-58(54)67(59)60(56)57/h1-40H. The van der Waals surface area contributed by atoms with Crippen LogP contribution < -0.4 is 0 Å². The van der Waals surface area contributed by atoms with Gasteiger partial charge in [0.2, 0.25) is 0 Å². The molecule has 0 spiro atoms. The molecule has 4 nitrogen and oxygen atoms in total. The molecular formula is C63H40N4. The Morgan fingerprint density at radius 2 is 0.507 bits per heavy atom. The molecule has 3 heterocycles. The van der Waals surface area contributed by atoms with E-state index in [-0.39, 0.29) is 0 Å². The van der Waals surface area contributed by atoms with Crippen LogP contribution in [0.1, 0.15) is 0 Å². The van der Waals surface area contributed by atoms with E-state index in [4.69, 9.17) is 15.0 Å². The van der Waals surface area contributed by atoms with Gasteiger partial charge in [-0.2, -0.15) is 0 Å². The Hall–Kier alpha value is -8.99. The molecule has 0 aliphatic rings. The van der Waals surface area contributed by atoms with Crippen LogP contribution in [0.15, 0.2) is 243 Å². The molecule has 0 aliphatic heterocycles. The van der Waals surface area contributed by atoms with Gasteiger partial charge in [0.15, 0.2) is 17.5 Å². The predicted molar refractivity (Wildman–Crippen MR) is 278 cm³/mol. The fraction of sp³-hybridized carbons (Fsp3) is 0. The molecule has 0 saturated heterocycles. The second kappa shape index (κ2) is 15.9. The number of nitrogens with zero attached hydrogens (tertiary/aromatic N) is 4. The maximum Gasteiger partial charge on any atom is 0.164 e. The minimum atomic E-state index is 0.622. The third-order valence-corrected chi connectivity index (χ3v) is 13.2. The summed E-state index contributed by atoms with van der Waals surface area (Å²) in [6, 6.07) is 86.5. The third-order valence-electron chi connectivity index (χ3n) is 13.2. The van der Waals surface area contributed by atoms with Gasteiger partial charge in [0.05, 0.1) is 16.6 Å². The lowest BCUT2D eigenvalue weighted by atomic mass is 9.96. The highest BCUT2D eigenvalue weighted by Crippen LogP contribution is 2.44. The van der Waals surface area contributed by atoms with Crippen molar-refractivity contribution in [1.29, 1.82) is 0 Å². The van der Waals surface area contributed by atoms with Gasteiger partial charge in [0.1, 0.15) is 0 Å². The molecule has 10 aromatic carbocycles. The van der Waals surface area contributed by atoms with Gasteiger partial charge in [-0.15, -0.1) is 0 Å². The quantitative estimate of drug-likeness (QED) is 0.153. The van der Waals surface area contributed by atoms with Crippen molar-refractivity contribution in [3.8, 4) is 89.8 Å². The van der Waals surface area contributed by atoms with Crippen molar-refractivity contribution >= 4 is 38.1 Å². The van der Waals surface area contributed by atoms with E-state index >= 15 is 0 Å². The topological polar surface area (TPSA) is 43.1 Å². The second-order valence-electron chi connectivity index (χ2n) is 17.2. The molecule has 3 aromatic heterocycles. The molecule has 67 heavy (non-hydrogen) atoms. The summed E-state index contributed by atoms with van der Waals surface area (Å²) < 4.78 is 2.46. The van der Waals surface area contributed by atoms with Gasteiger partial charge >= 0.3 is 0 Å². The monoisotopic (exact) mass is 852 g/mol. The molecule has 0 N–H and O–H groups in total. The van der Waals surface area contributed by atoms with Gasteiger partial charge < -0.3 is 4.40 Å². The van der Waals surface area contributed by atoms with Gasteiger partial charge in [-0.05, 0) is 98.1 Å².